The van der Waals surface area contributed by atoms with E-state index < -0.39 is 0 Å². The number of hydrogen-bond acceptors (Lipinski definition) is 2. The molecule has 32 heavy (non-hydrogen) atoms. The van der Waals surface area contributed by atoms with Gasteiger partial charge < -0.3 is 10.6 Å². The summed E-state index contributed by atoms with van der Waals surface area (Å²) < 4.78 is 0. The quantitative estimate of drug-likeness (QED) is 0.695. The van der Waals surface area contributed by atoms with E-state index in [1.54, 1.807) is 0 Å². The first-order chi connectivity index (χ1) is 15.6. The van der Waals surface area contributed by atoms with Crippen LogP contribution in [0.1, 0.15) is 63.4 Å². The van der Waals surface area contributed by atoms with Gasteiger partial charge in [-0.15, -0.1) is 0 Å². The first kappa shape index (κ1) is 20.3. The van der Waals surface area contributed by atoms with E-state index in [2.05, 4.69) is 53.1 Å². The standard InChI is InChI=1S/C28H34N2O2/c31-25(29-27-23-13-19-11-20(15-23)16-24(27)14-19)7-9-28(10-8-26(32)30-28)17-18-5-6-21-3-1-2-4-22(21)12-18/h1-6,12,19-20,23-24,27H,7-11,13-17H2,(H,29,31)(H,30,32). The summed E-state index contributed by atoms with van der Waals surface area (Å²) in [5, 5.41) is 9.16. The molecular formula is C28H34N2O2. The van der Waals surface area contributed by atoms with Crippen LogP contribution >= 0.6 is 0 Å². The molecule has 168 valence electrons. The van der Waals surface area contributed by atoms with Crippen LogP contribution in [-0.2, 0) is 16.0 Å². The van der Waals surface area contributed by atoms with Crippen LogP contribution in [-0.4, -0.2) is 23.4 Å². The Morgan fingerprint density at radius 3 is 2.38 bits per heavy atom. The number of fused-ring (bicyclic) bond motifs is 1. The van der Waals surface area contributed by atoms with Gasteiger partial charge in [0.05, 0.1) is 0 Å². The van der Waals surface area contributed by atoms with Crippen molar-refractivity contribution in [3.8, 4) is 0 Å². The first-order valence-electron chi connectivity index (χ1n) is 12.6. The van der Waals surface area contributed by atoms with Crippen LogP contribution in [0.25, 0.3) is 10.8 Å². The molecule has 2 amide bonds. The van der Waals surface area contributed by atoms with Gasteiger partial charge in [0, 0.05) is 24.4 Å². The molecule has 4 bridgehead atoms. The van der Waals surface area contributed by atoms with Crippen molar-refractivity contribution >= 4 is 22.6 Å². The summed E-state index contributed by atoms with van der Waals surface area (Å²) in [7, 11) is 0. The molecule has 2 aromatic carbocycles. The zero-order valence-corrected chi connectivity index (χ0v) is 18.8. The molecular weight excluding hydrogens is 396 g/mol. The third-order valence-corrected chi connectivity index (χ3v) is 8.98. The Hall–Kier alpha value is -2.36. The highest BCUT2D eigenvalue weighted by Gasteiger charge is 2.48. The van der Waals surface area contributed by atoms with Gasteiger partial charge in [-0.1, -0.05) is 42.5 Å². The number of nitrogens with one attached hydrogen (secondary N) is 2. The molecule has 1 saturated heterocycles. The van der Waals surface area contributed by atoms with Crippen molar-refractivity contribution in [2.75, 3.05) is 0 Å². The van der Waals surface area contributed by atoms with Crippen molar-refractivity contribution in [1.29, 1.82) is 0 Å². The second-order valence-corrected chi connectivity index (χ2v) is 11.2. The molecule has 4 saturated carbocycles. The Morgan fingerprint density at radius 2 is 1.69 bits per heavy atom. The number of hydrogen-bond donors (Lipinski definition) is 2. The van der Waals surface area contributed by atoms with Crippen molar-refractivity contribution in [1.82, 2.24) is 10.6 Å². The van der Waals surface area contributed by atoms with E-state index in [-0.39, 0.29) is 17.4 Å². The van der Waals surface area contributed by atoms with Crippen LogP contribution in [0.2, 0.25) is 0 Å². The molecule has 0 spiro atoms. The van der Waals surface area contributed by atoms with Gasteiger partial charge in [-0.2, -0.15) is 0 Å². The van der Waals surface area contributed by atoms with Crippen LogP contribution in [0.4, 0.5) is 0 Å². The van der Waals surface area contributed by atoms with E-state index in [1.807, 2.05) is 0 Å². The Labute approximate surface area is 190 Å². The van der Waals surface area contributed by atoms with Gasteiger partial charge in [-0.25, -0.2) is 0 Å². The normalized spacial score (nSPS) is 35.2. The minimum atomic E-state index is -0.305. The molecule has 1 heterocycles. The van der Waals surface area contributed by atoms with Gasteiger partial charge in [0.25, 0.3) is 0 Å². The molecule has 4 nitrogen and oxygen atoms in total. The van der Waals surface area contributed by atoms with Crippen molar-refractivity contribution in [3.63, 3.8) is 0 Å². The van der Waals surface area contributed by atoms with Crippen molar-refractivity contribution < 1.29 is 9.59 Å². The van der Waals surface area contributed by atoms with E-state index >= 15 is 0 Å². The number of carbonyl (C=O) groups excluding carboxylic acids is 2. The Morgan fingerprint density at radius 1 is 0.969 bits per heavy atom. The average molecular weight is 431 g/mol. The minimum absolute atomic E-state index is 0.118. The zero-order chi connectivity index (χ0) is 21.7. The van der Waals surface area contributed by atoms with Crippen molar-refractivity contribution in [3.05, 3.63) is 48.0 Å². The van der Waals surface area contributed by atoms with Crippen LogP contribution in [0.15, 0.2) is 42.5 Å². The van der Waals surface area contributed by atoms with E-state index in [0.717, 1.165) is 24.7 Å². The van der Waals surface area contributed by atoms with Gasteiger partial charge in [0.1, 0.15) is 0 Å². The summed E-state index contributed by atoms with van der Waals surface area (Å²) in [4.78, 5) is 25.2. The van der Waals surface area contributed by atoms with Crippen LogP contribution in [0.3, 0.4) is 0 Å². The number of benzene rings is 2. The van der Waals surface area contributed by atoms with Gasteiger partial charge in [0.15, 0.2) is 0 Å². The summed E-state index contributed by atoms with van der Waals surface area (Å²) in [5.74, 6) is 3.55. The molecule has 2 N–H and O–H groups in total. The maximum absolute atomic E-state index is 13.0. The lowest BCUT2D eigenvalue weighted by atomic mass is 9.54. The molecule has 5 aliphatic rings. The third-order valence-electron chi connectivity index (χ3n) is 8.98. The molecule has 1 aliphatic heterocycles. The number of carbonyl (C=O) groups is 2. The highest BCUT2D eigenvalue weighted by molar-refractivity contribution is 5.83. The Kier molecular flexibility index (Phi) is 5.00. The van der Waals surface area contributed by atoms with Gasteiger partial charge in [-0.05, 0) is 91.4 Å². The first-order valence-corrected chi connectivity index (χ1v) is 12.6. The third kappa shape index (κ3) is 3.82. The van der Waals surface area contributed by atoms with Crippen LogP contribution in [0, 0.1) is 23.7 Å². The lowest BCUT2D eigenvalue weighted by Crippen LogP contribution is -2.56. The fraction of sp³-hybridized carbons (Fsp3) is 0.571. The smallest absolute Gasteiger partial charge is 0.220 e. The molecule has 0 aromatic heterocycles. The largest absolute Gasteiger partial charge is 0.353 e. The maximum atomic E-state index is 13.0. The Balaban J connectivity index is 1.12. The number of amides is 2. The molecule has 0 radical (unpaired) electrons. The maximum Gasteiger partial charge on any atom is 0.220 e. The van der Waals surface area contributed by atoms with Crippen molar-refractivity contribution in [2.45, 2.75) is 75.8 Å². The SMILES string of the molecule is O=C(CCC1(Cc2ccc3ccccc3c2)CCC(=O)N1)NC1C2CC3CC(C2)CC1C3. The molecule has 4 aliphatic carbocycles. The van der Waals surface area contributed by atoms with E-state index in [0.29, 0.717) is 37.1 Å². The van der Waals surface area contributed by atoms with E-state index in [4.69, 9.17) is 0 Å². The summed E-state index contributed by atoms with van der Waals surface area (Å²) in [6.45, 7) is 0. The molecule has 4 heteroatoms. The molecule has 1 atom stereocenters. The lowest BCUT2D eigenvalue weighted by Gasteiger charge is -2.54. The fourth-order valence-electron chi connectivity index (χ4n) is 7.69. The minimum Gasteiger partial charge on any atom is -0.353 e. The van der Waals surface area contributed by atoms with Gasteiger partial charge in [0.2, 0.25) is 11.8 Å². The monoisotopic (exact) mass is 430 g/mol. The van der Waals surface area contributed by atoms with Gasteiger partial charge >= 0.3 is 0 Å². The summed E-state index contributed by atoms with van der Waals surface area (Å²) in [6, 6.07) is 15.3. The van der Waals surface area contributed by atoms with Gasteiger partial charge in [-0.3, -0.25) is 9.59 Å². The summed E-state index contributed by atoms with van der Waals surface area (Å²) in [6.07, 6.45) is 10.1. The topological polar surface area (TPSA) is 58.2 Å². The predicted molar refractivity (Wildman–Crippen MR) is 126 cm³/mol. The second-order valence-electron chi connectivity index (χ2n) is 11.2. The summed E-state index contributed by atoms with van der Waals surface area (Å²) >= 11 is 0. The highest BCUT2D eigenvalue weighted by Crippen LogP contribution is 2.53. The Bertz CT molecular complexity index is 1020. The van der Waals surface area contributed by atoms with Crippen LogP contribution < -0.4 is 10.6 Å². The predicted octanol–water partition coefficient (Wildman–Crippen LogP) is 4.75. The van der Waals surface area contributed by atoms with Crippen molar-refractivity contribution in [2.24, 2.45) is 23.7 Å². The van der Waals surface area contributed by atoms with E-state index in [1.165, 1.54) is 48.4 Å². The summed E-state index contributed by atoms with van der Waals surface area (Å²) in [5.41, 5.74) is 0.924. The molecule has 5 fully saturated rings. The number of rotatable bonds is 6. The molecule has 1 unspecified atom stereocenters. The van der Waals surface area contributed by atoms with Crippen LogP contribution in [0.5, 0.6) is 0 Å². The lowest BCUT2D eigenvalue weighted by molar-refractivity contribution is -0.126. The highest BCUT2D eigenvalue weighted by atomic mass is 16.2. The average Bonchev–Trinajstić information content (AvgIpc) is 3.15. The van der Waals surface area contributed by atoms with E-state index in [9.17, 15) is 9.59 Å². The zero-order valence-electron chi connectivity index (χ0n) is 18.8. The second kappa shape index (κ2) is 7.90. The fourth-order valence-corrected chi connectivity index (χ4v) is 7.69. The molecule has 2 aromatic rings. The molecule has 7 rings (SSSR count).